The van der Waals surface area contributed by atoms with Crippen molar-refractivity contribution < 1.29 is 14.9 Å². The lowest BCUT2D eigenvalue weighted by molar-refractivity contribution is 0.217. The van der Waals surface area contributed by atoms with Gasteiger partial charge in [0.2, 0.25) is 0 Å². The third-order valence-electron chi connectivity index (χ3n) is 2.30. The molecule has 0 amide bonds. The lowest BCUT2D eigenvalue weighted by atomic mass is 10.1. The number of aliphatic hydroxyl groups excluding tert-OH is 2. The summed E-state index contributed by atoms with van der Waals surface area (Å²) >= 11 is 0. The van der Waals surface area contributed by atoms with Crippen LogP contribution < -0.4 is 0 Å². The van der Waals surface area contributed by atoms with Gasteiger partial charge in [-0.3, -0.25) is 0 Å². The number of ether oxygens (including phenoxy) is 1. The highest BCUT2D eigenvalue weighted by Gasteiger charge is 1.93. The smallest absolute Gasteiger partial charge is 0.112 e. The third kappa shape index (κ3) is 12.7. The Labute approximate surface area is 104 Å². The minimum Gasteiger partial charge on any atom is -0.509 e. The van der Waals surface area contributed by atoms with Gasteiger partial charge in [0.05, 0.1) is 6.61 Å². The summed E-state index contributed by atoms with van der Waals surface area (Å²) < 4.78 is 5.35. The van der Waals surface area contributed by atoms with Gasteiger partial charge in [0.15, 0.2) is 0 Å². The minimum absolute atomic E-state index is 0.00127. The van der Waals surface area contributed by atoms with E-state index in [2.05, 4.69) is 13.2 Å². The molecule has 0 bridgehead atoms. The molecule has 0 radical (unpaired) electrons. The van der Waals surface area contributed by atoms with Gasteiger partial charge in [0.25, 0.3) is 0 Å². The summed E-state index contributed by atoms with van der Waals surface area (Å²) in [5.74, 6) is 0.541. The zero-order valence-corrected chi connectivity index (χ0v) is 10.5. The summed E-state index contributed by atoms with van der Waals surface area (Å²) in [6, 6.07) is 0. The molecule has 0 aliphatic rings. The van der Waals surface area contributed by atoms with E-state index in [4.69, 9.17) is 14.9 Å². The Balaban J connectivity index is 3.28. The molecule has 0 atom stereocenters. The first kappa shape index (κ1) is 15.8. The Morgan fingerprint density at radius 3 is 2.12 bits per heavy atom. The van der Waals surface area contributed by atoms with Crippen molar-refractivity contribution in [3.63, 3.8) is 0 Å². The molecule has 0 rings (SSSR count). The second-order valence-corrected chi connectivity index (χ2v) is 3.98. The Morgan fingerprint density at radius 2 is 1.53 bits per heavy atom. The van der Waals surface area contributed by atoms with E-state index in [1.807, 2.05) is 0 Å². The van der Waals surface area contributed by atoms with Crippen molar-refractivity contribution in [2.75, 3.05) is 13.2 Å². The van der Waals surface area contributed by atoms with Crippen LogP contribution in [0.3, 0.4) is 0 Å². The van der Waals surface area contributed by atoms with Gasteiger partial charge in [-0.2, -0.15) is 0 Å². The molecule has 0 aliphatic carbocycles. The molecule has 3 nitrogen and oxygen atoms in total. The molecule has 0 aliphatic heterocycles. The molecular formula is C14H24O3. The van der Waals surface area contributed by atoms with Crippen LogP contribution in [0.1, 0.15) is 38.5 Å². The van der Waals surface area contributed by atoms with Crippen molar-refractivity contribution in [1.29, 1.82) is 0 Å². The summed E-state index contributed by atoms with van der Waals surface area (Å²) in [5, 5.41) is 17.4. The van der Waals surface area contributed by atoms with Crippen molar-refractivity contribution in [3.05, 3.63) is 36.8 Å². The largest absolute Gasteiger partial charge is 0.509 e. The van der Waals surface area contributed by atoms with Gasteiger partial charge in [-0.25, -0.2) is 0 Å². The van der Waals surface area contributed by atoms with Crippen LogP contribution in [0.4, 0.5) is 0 Å². The van der Waals surface area contributed by atoms with E-state index >= 15 is 0 Å². The molecule has 0 spiro atoms. The fourth-order valence-electron chi connectivity index (χ4n) is 1.36. The average molecular weight is 240 g/mol. The van der Waals surface area contributed by atoms with E-state index in [-0.39, 0.29) is 5.76 Å². The lowest BCUT2D eigenvalue weighted by Gasteiger charge is -2.05. The van der Waals surface area contributed by atoms with E-state index in [0.717, 1.165) is 25.7 Å². The van der Waals surface area contributed by atoms with Gasteiger partial charge in [0, 0.05) is 6.61 Å². The van der Waals surface area contributed by atoms with Crippen molar-refractivity contribution in [3.8, 4) is 0 Å². The summed E-state index contributed by atoms with van der Waals surface area (Å²) in [6.07, 6.45) is 9.56. The number of allylic oxidation sites excluding steroid dienone is 2. The van der Waals surface area contributed by atoms with E-state index < -0.39 is 0 Å². The molecule has 0 aromatic rings. The zero-order chi connectivity index (χ0) is 12.9. The maximum Gasteiger partial charge on any atom is 0.112 e. The van der Waals surface area contributed by atoms with Gasteiger partial charge >= 0.3 is 0 Å². The van der Waals surface area contributed by atoms with Crippen LogP contribution in [0.2, 0.25) is 0 Å². The maximum absolute atomic E-state index is 8.82. The fraction of sp³-hybridized carbons (Fsp3) is 0.571. The zero-order valence-electron chi connectivity index (χ0n) is 10.5. The maximum atomic E-state index is 8.82. The van der Waals surface area contributed by atoms with Crippen LogP contribution in [-0.2, 0) is 4.74 Å². The van der Waals surface area contributed by atoms with Crippen LogP contribution in [0.15, 0.2) is 36.8 Å². The van der Waals surface area contributed by atoms with Gasteiger partial charge < -0.3 is 14.9 Å². The first-order valence-electron chi connectivity index (χ1n) is 6.15. The quantitative estimate of drug-likeness (QED) is 0.330. The minimum atomic E-state index is -0.00127. The highest BCUT2D eigenvalue weighted by molar-refractivity contribution is 5.15. The molecule has 3 heteroatoms. The third-order valence-corrected chi connectivity index (χ3v) is 2.30. The molecule has 2 N–H and O–H groups in total. The second-order valence-electron chi connectivity index (χ2n) is 3.98. The highest BCUT2D eigenvalue weighted by Crippen LogP contribution is 2.06. The molecule has 17 heavy (non-hydrogen) atoms. The van der Waals surface area contributed by atoms with Crippen LogP contribution in [0, 0.1) is 0 Å². The monoisotopic (exact) mass is 240 g/mol. The number of aliphatic hydroxyl groups is 2. The fourth-order valence-corrected chi connectivity index (χ4v) is 1.36. The summed E-state index contributed by atoms with van der Waals surface area (Å²) in [6.45, 7) is 7.97. The van der Waals surface area contributed by atoms with E-state index in [9.17, 15) is 0 Å². The van der Waals surface area contributed by atoms with Gasteiger partial charge in [-0.1, -0.05) is 38.8 Å². The predicted molar refractivity (Wildman–Crippen MR) is 70.8 cm³/mol. The lowest BCUT2D eigenvalue weighted by Crippen LogP contribution is -1.92. The van der Waals surface area contributed by atoms with Crippen LogP contribution in [0.25, 0.3) is 0 Å². The average Bonchev–Trinajstić information content (AvgIpc) is 2.30. The SMILES string of the molecule is C=C(O)/C=C\C(=C)OCCCCCCCCO. The Morgan fingerprint density at radius 1 is 0.941 bits per heavy atom. The number of hydrogen-bond acceptors (Lipinski definition) is 3. The Kier molecular flexibility index (Phi) is 10.5. The predicted octanol–water partition coefficient (Wildman–Crippen LogP) is 3.48. The van der Waals surface area contributed by atoms with E-state index in [0.29, 0.717) is 19.0 Å². The molecule has 98 valence electrons. The van der Waals surface area contributed by atoms with E-state index in [1.165, 1.54) is 18.9 Å². The first-order valence-corrected chi connectivity index (χ1v) is 6.15. The van der Waals surface area contributed by atoms with Crippen LogP contribution in [0.5, 0.6) is 0 Å². The Hall–Kier alpha value is -1.22. The molecule has 0 aromatic carbocycles. The topological polar surface area (TPSA) is 49.7 Å². The number of hydrogen-bond donors (Lipinski definition) is 2. The van der Waals surface area contributed by atoms with Crippen LogP contribution in [-0.4, -0.2) is 23.4 Å². The summed E-state index contributed by atoms with van der Waals surface area (Å²) in [7, 11) is 0. The summed E-state index contributed by atoms with van der Waals surface area (Å²) in [5.41, 5.74) is 0. The molecule has 0 fully saturated rings. The second kappa shape index (κ2) is 11.3. The van der Waals surface area contributed by atoms with Crippen molar-refractivity contribution in [2.24, 2.45) is 0 Å². The van der Waals surface area contributed by atoms with E-state index in [1.54, 1.807) is 6.08 Å². The van der Waals surface area contributed by atoms with Crippen molar-refractivity contribution in [2.45, 2.75) is 38.5 Å². The molecule has 0 unspecified atom stereocenters. The normalized spacial score (nSPS) is 10.6. The van der Waals surface area contributed by atoms with Crippen molar-refractivity contribution in [1.82, 2.24) is 0 Å². The highest BCUT2D eigenvalue weighted by atomic mass is 16.5. The number of unbranched alkanes of at least 4 members (excludes halogenated alkanes) is 5. The standard InChI is InChI=1S/C14H24O3/c1-13(16)9-10-14(2)17-12-8-6-4-3-5-7-11-15/h9-10,15-16H,1-8,11-12H2/b10-9-. The van der Waals surface area contributed by atoms with Gasteiger partial charge in [-0.05, 0) is 25.0 Å². The molecule has 0 saturated heterocycles. The first-order chi connectivity index (χ1) is 8.16. The molecule has 0 aromatic heterocycles. The van der Waals surface area contributed by atoms with Gasteiger partial charge in [0.1, 0.15) is 11.5 Å². The molecular weight excluding hydrogens is 216 g/mol. The molecule has 0 saturated carbocycles. The molecule has 0 heterocycles. The Bertz CT molecular complexity index is 244. The van der Waals surface area contributed by atoms with Crippen molar-refractivity contribution >= 4 is 0 Å². The summed E-state index contributed by atoms with van der Waals surface area (Å²) in [4.78, 5) is 0. The number of rotatable bonds is 11. The van der Waals surface area contributed by atoms with Gasteiger partial charge in [-0.15, -0.1) is 0 Å². The van der Waals surface area contributed by atoms with Crippen LogP contribution >= 0.6 is 0 Å².